The van der Waals surface area contributed by atoms with E-state index in [1.807, 2.05) is 0 Å². The van der Waals surface area contributed by atoms with E-state index in [0.717, 1.165) is 29.2 Å². The van der Waals surface area contributed by atoms with Crippen LogP contribution in [0.1, 0.15) is 31.4 Å². The van der Waals surface area contributed by atoms with Gasteiger partial charge in [0.2, 0.25) is 0 Å². The molecule has 0 spiro atoms. The fraction of sp³-hybridized carbons (Fsp3) is 0.385. The normalized spacial score (nSPS) is 14.3. The van der Waals surface area contributed by atoms with Crippen LogP contribution in [0.3, 0.4) is 0 Å². The lowest BCUT2D eigenvalue weighted by molar-refractivity contribution is 0.381. The number of hydrogen-bond acceptors (Lipinski definition) is 4. The molecule has 6 nitrogen and oxygen atoms in total. The Labute approximate surface area is 118 Å². The molecular weight excluding hydrogens is 280 g/mol. The molecule has 0 atom stereocenters. The zero-order valence-corrected chi connectivity index (χ0v) is 12.7. The van der Waals surface area contributed by atoms with Crippen LogP contribution in [0.2, 0.25) is 0 Å². The second-order valence-electron chi connectivity index (χ2n) is 4.74. The molecule has 1 aliphatic heterocycles. The van der Waals surface area contributed by atoms with Crippen molar-refractivity contribution in [1.82, 2.24) is 0 Å². The maximum Gasteiger partial charge on any atom is 0.394 e. The van der Waals surface area contributed by atoms with Crippen molar-refractivity contribution >= 4 is 33.2 Å². The van der Waals surface area contributed by atoms with Crippen LogP contribution in [0, 0.1) is 13.8 Å². The third-order valence-electron chi connectivity index (χ3n) is 2.73. The number of aryl methyl sites for hydroxylation is 2. The van der Waals surface area contributed by atoms with E-state index in [4.69, 9.17) is 17.5 Å². The Balaban J connectivity index is 0.000000347. The molecule has 0 unspecified atom stereocenters. The number of fused-ring (bicyclic) bond motifs is 1. The number of nitrogens with zero attached hydrogens (tertiary/aromatic N) is 2. The van der Waals surface area contributed by atoms with Gasteiger partial charge in [0.15, 0.2) is 0 Å². The molecule has 1 aromatic rings. The van der Waals surface area contributed by atoms with Gasteiger partial charge >= 0.3 is 10.4 Å². The summed E-state index contributed by atoms with van der Waals surface area (Å²) in [5.41, 5.74) is 6.84. The second-order valence-corrected chi connectivity index (χ2v) is 5.64. The quantitative estimate of drug-likeness (QED) is 0.718. The Morgan fingerprint density at radius 1 is 0.900 bits per heavy atom. The highest BCUT2D eigenvalue weighted by Crippen LogP contribution is 2.33. The Bertz CT molecular complexity index is 625. The highest BCUT2D eigenvalue weighted by atomic mass is 32.3. The van der Waals surface area contributed by atoms with Gasteiger partial charge in [-0.15, -0.1) is 0 Å². The number of benzene rings is 1. The van der Waals surface area contributed by atoms with Gasteiger partial charge in [-0.05, 0) is 51.0 Å². The van der Waals surface area contributed by atoms with Crippen molar-refractivity contribution in [3.05, 3.63) is 23.3 Å². The van der Waals surface area contributed by atoms with Gasteiger partial charge in [-0.3, -0.25) is 19.1 Å². The Hall–Kier alpha value is -1.57. The van der Waals surface area contributed by atoms with Crippen LogP contribution >= 0.6 is 0 Å². The van der Waals surface area contributed by atoms with Gasteiger partial charge in [0.1, 0.15) is 0 Å². The summed E-state index contributed by atoms with van der Waals surface area (Å²) in [5.74, 6) is 0. The minimum atomic E-state index is -4.67. The molecule has 7 heteroatoms. The molecule has 0 amide bonds. The van der Waals surface area contributed by atoms with E-state index >= 15 is 0 Å². The average molecular weight is 298 g/mol. The first-order chi connectivity index (χ1) is 9.06. The van der Waals surface area contributed by atoms with Crippen LogP contribution in [0.5, 0.6) is 0 Å². The summed E-state index contributed by atoms with van der Waals surface area (Å²) in [4.78, 5) is 9.19. The molecule has 20 heavy (non-hydrogen) atoms. The molecule has 0 saturated heterocycles. The van der Waals surface area contributed by atoms with Gasteiger partial charge in [0, 0.05) is 17.8 Å². The van der Waals surface area contributed by atoms with E-state index in [2.05, 4.69) is 49.8 Å². The molecule has 0 bridgehead atoms. The van der Waals surface area contributed by atoms with Crippen molar-refractivity contribution in [2.75, 3.05) is 0 Å². The highest BCUT2D eigenvalue weighted by Gasteiger charge is 2.09. The molecule has 0 aromatic heterocycles. The summed E-state index contributed by atoms with van der Waals surface area (Å²) in [6.07, 6.45) is 0.882. The topological polar surface area (TPSA) is 99.3 Å². The largest absolute Gasteiger partial charge is 0.394 e. The van der Waals surface area contributed by atoms with Crippen molar-refractivity contribution in [2.24, 2.45) is 9.98 Å². The van der Waals surface area contributed by atoms with Crippen LogP contribution < -0.4 is 0 Å². The Kier molecular flexibility index (Phi) is 5.15. The summed E-state index contributed by atoms with van der Waals surface area (Å²) in [6.45, 7) is 8.34. The maximum absolute atomic E-state index is 8.74. The monoisotopic (exact) mass is 298 g/mol. The van der Waals surface area contributed by atoms with Gasteiger partial charge in [0.25, 0.3) is 0 Å². The minimum Gasteiger partial charge on any atom is -0.264 e. The lowest BCUT2D eigenvalue weighted by atomic mass is 10.1. The van der Waals surface area contributed by atoms with Crippen LogP contribution in [0.4, 0.5) is 11.4 Å². The average Bonchev–Trinajstić information content (AvgIpc) is 2.34. The summed E-state index contributed by atoms with van der Waals surface area (Å²) in [7, 11) is -4.67. The van der Waals surface area contributed by atoms with Crippen molar-refractivity contribution in [3.8, 4) is 0 Å². The van der Waals surface area contributed by atoms with Crippen molar-refractivity contribution in [3.63, 3.8) is 0 Å². The van der Waals surface area contributed by atoms with Crippen molar-refractivity contribution < 1.29 is 17.5 Å². The van der Waals surface area contributed by atoms with Gasteiger partial charge < -0.3 is 0 Å². The lowest BCUT2D eigenvalue weighted by Gasteiger charge is -2.04. The molecule has 0 saturated carbocycles. The summed E-state index contributed by atoms with van der Waals surface area (Å²) in [6, 6.07) is 4.24. The van der Waals surface area contributed by atoms with Crippen LogP contribution in [0.15, 0.2) is 22.1 Å². The van der Waals surface area contributed by atoms with E-state index in [1.165, 1.54) is 11.1 Å². The van der Waals surface area contributed by atoms with E-state index < -0.39 is 10.4 Å². The third kappa shape index (κ3) is 5.60. The van der Waals surface area contributed by atoms with Gasteiger partial charge in [-0.2, -0.15) is 8.42 Å². The van der Waals surface area contributed by atoms with Gasteiger partial charge in [-0.25, -0.2) is 0 Å². The van der Waals surface area contributed by atoms with Crippen molar-refractivity contribution in [1.29, 1.82) is 0 Å². The maximum atomic E-state index is 8.74. The van der Waals surface area contributed by atoms with E-state index in [-0.39, 0.29) is 0 Å². The fourth-order valence-corrected chi connectivity index (χ4v) is 1.83. The standard InChI is InChI=1S/C13H16N2.H2O4S/c1-8-5-12-13(6-9(8)2)15-11(4)7-10(3)14-12;1-5(2,3)4/h5-6H,7H2,1-4H3;(H2,1,2,3,4). The van der Waals surface area contributed by atoms with Crippen LogP contribution in [0.25, 0.3) is 0 Å². The highest BCUT2D eigenvalue weighted by molar-refractivity contribution is 7.79. The molecule has 1 aromatic carbocycles. The predicted molar refractivity (Wildman–Crippen MR) is 80.2 cm³/mol. The Morgan fingerprint density at radius 3 is 1.50 bits per heavy atom. The molecule has 2 rings (SSSR count). The van der Waals surface area contributed by atoms with E-state index in [1.54, 1.807) is 0 Å². The minimum absolute atomic E-state index is 0.882. The molecule has 0 aliphatic carbocycles. The third-order valence-corrected chi connectivity index (χ3v) is 2.73. The fourth-order valence-electron chi connectivity index (χ4n) is 1.83. The van der Waals surface area contributed by atoms with E-state index in [0.29, 0.717) is 0 Å². The molecular formula is C13H18N2O4S. The first-order valence-electron chi connectivity index (χ1n) is 5.95. The molecule has 1 heterocycles. The summed E-state index contributed by atoms with van der Waals surface area (Å²) < 4.78 is 31.6. The zero-order chi connectivity index (χ0) is 15.5. The summed E-state index contributed by atoms with van der Waals surface area (Å²) in [5, 5.41) is 0. The lowest BCUT2D eigenvalue weighted by Crippen LogP contribution is -1.97. The van der Waals surface area contributed by atoms with Crippen LogP contribution in [-0.4, -0.2) is 28.9 Å². The van der Waals surface area contributed by atoms with E-state index in [9.17, 15) is 0 Å². The second kappa shape index (κ2) is 6.25. The predicted octanol–water partition coefficient (Wildman–Crippen LogP) is 3.24. The van der Waals surface area contributed by atoms with Crippen molar-refractivity contribution in [2.45, 2.75) is 34.1 Å². The number of rotatable bonds is 0. The molecule has 1 aliphatic rings. The number of hydrogen-bond donors (Lipinski definition) is 2. The SMILES string of the molecule is CC1=Nc2cc(C)c(C)cc2N=C(C)C1.O=S(=O)(O)O. The van der Waals surface area contributed by atoms with Gasteiger partial charge in [0.05, 0.1) is 11.4 Å². The molecule has 110 valence electrons. The molecule has 2 N–H and O–H groups in total. The number of aliphatic imine (C=N–C) groups is 2. The van der Waals surface area contributed by atoms with Crippen LogP contribution in [-0.2, 0) is 10.4 Å². The first-order valence-corrected chi connectivity index (χ1v) is 7.35. The summed E-state index contributed by atoms with van der Waals surface area (Å²) >= 11 is 0. The molecule has 0 radical (unpaired) electrons. The molecule has 0 fully saturated rings. The Morgan fingerprint density at radius 2 is 1.20 bits per heavy atom. The zero-order valence-electron chi connectivity index (χ0n) is 11.9. The first kappa shape index (κ1) is 16.5. The smallest absolute Gasteiger partial charge is 0.264 e. The van der Waals surface area contributed by atoms with Gasteiger partial charge in [-0.1, -0.05) is 0 Å².